The number of rotatable bonds is 9. The lowest BCUT2D eigenvalue weighted by molar-refractivity contribution is -0.462. The van der Waals surface area contributed by atoms with Crippen molar-refractivity contribution in [3.63, 3.8) is 0 Å². The first-order valence-electron chi connectivity index (χ1n) is 6.77. The minimum Gasteiger partial charge on any atom is -0.458 e. The summed E-state index contributed by atoms with van der Waals surface area (Å²) in [5.74, 6) is -59.3. The second-order valence-electron chi connectivity index (χ2n) is 5.51. The molecule has 0 spiro atoms. The van der Waals surface area contributed by atoms with E-state index in [2.05, 4.69) is 10.5 Å². The van der Waals surface area contributed by atoms with Crippen molar-refractivity contribution in [1.82, 2.24) is 0 Å². The van der Waals surface area contributed by atoms with Crippen LogP contribution in [-0.4, -0.2) is 66.8 Å². The summed E-state index contributed by atoms with van der Waals surface area (Å²) in [6.45, 7) is -4.69. The standard InChI is InChI=1S/C11H6F17NO2/c12-4(13,2-31-3(30)1-29)5(14,15)6(16,17)7(18,19)8(20,21)9(22,23)10(24,25)11(26,27)28/h1-2,29H2. The van der Waals surface area contributed by atoms with Gasteiger partial charge in [0.1, 0.15) is 0 Å². The van der Waals surface area contributed by atoms with Gasteiger partial charge in [0.05, 0.1) is 6.54 Å². The van der Waals surface area contributed by atoms with Gasteiger partial charge in [-0.2, -0.15) is 74.6 Å². The van der Waals surface area contributed by atoms with E-state index >= 15 is 0 Å². The van der Waals surface area contributed by atoms with Crippen LogP contribution in [0.1, 0.15) is 0 Å². The van der Waals surface area contributed by atoms with Gasteiger partial charge in [0, 0.05) is 0 Å². The van der Waals surface area contributed by atoms with Crippen molar-refractivity contribution >= 4 is 5.97 Å². The zero-order chi connectivity index (χ0) is 25.7. The Morgan fingerprint density at radius 2 is 0.839 bits per heavy atom. The van der Waals surface area contributed by atoms with Crippen LogP contribution in [0.25, 0.3) is 0 Å². The van der Waals surface area contributed by atoms with Crippen LogP contribution in [0.5, 0.6) is 0 Å². The molecule has 2 N–H and O–H groups in total. The molecule has 0 radical (unpaired) electrons. The van der Waals surface area contributed by atoms with E-state index in [0.717, 1.165) is 0 Å². The topological polar surface area (TPSA) is 52.3 Å². The maximum absolute atomic E-state index is 13.3. The normalized spacial score (nSPS) is 15.8. The lowest BCUT2D eigenvalue weighted by Crippen LogP contribution is -2.74. The summed E-state index contributed by atoms with van der Waals surface area (Å²) in [6, 6.07) is 0. The molecule has 0 unspecified atom stereocenters. The molecule has 0 rings (SSSR count). The summed E-state index contributed by atoms with van der Waals surface area (Å²) in [7, 11) is 0. The van der Waals surface area contributed by atoms with E-state index in [1.165, 1.54) is 0 Å². The van der Waals surface area contributed by atoms with Crippen molar-refractivity contribution in [2.75, 3.05) is 13.2 Å². The molecule has 0 bridgehead atoms. The average Bonchev–Trinajstić information content (AvgIpc) is 2.57. The minimum absolute atomic E-state index is 1.40. The lowest BCUT2D eigenvalue weighted by atomic mass is 9.89. The Hall–Kier alpha value is -1.76. The third-order valence-electron chi connectivity index (χ3n) is 3.37. The maximum Gasteiger partial charge on any atom is 0.460 e. The molecule has 0 aliphatic carbocycles. The average molecular weight is 507 g/mol. The predicted molar refractivity (Wildman–Crippen MR) is 60.7 cm³/mol. The molecule has 0 fully saturated rings. The number of hydrogen-bond donors (Lipinski definition) is 1. The highest BCUT2D eigenvalue weighted by atomic mass is 19.4. The number of alkyl halides is 17. The molecule has 3 nitrogen and oxygen atoms in total. The van der Waals surface area contributed by atoms with Crippen molar-refractivity contribution in [1.29, 1.82) is 0 Å². The summed E-state index contributed by atoms with van der Waals surface area (Å²) in [6.07, 6.45) is -7.81. The predicted octanol–water partition coefficient (Wildman–Crippen LogP) is 4.50. The first kappa shape index (κ1) is 29.2. The van der Waals surface area contributed by atoms with Crippen LogP contribution >= 0.6 is 0 Å². The fourth-order valence-electron chi connectivity index (χ4n) is 1.52. The second-order valence-corrected chi connectivity index (χ2v) is 5.51. The van der Waals surface area contributed by atoms with E-state index in [-0.39, 0.29) is 0 Å². The van der Waals surface area contributed by atoms with Crippen LogP contribution in [0.3, 0.4) is 0 Å². The maximum atomic E-state index is 13.3. The number of hydrogen-bond acceptors (Lipinski definition) is 3. The zero-order valence-corrected chi connectivity index (χ0v) is 13.7. The number of esters is 1. The van der Waals surface area contributed by atoms with E-state index in [0.29, 0.717) is 0 Å². The highest BCUT2D eigenvalue weighted by molar-refractivity contribution is 5.71. The minimum atomic E-state index is -8.70. The summed E-state index contributed by atoms with van der Waals surface area (Å²) >= 11 is 0. The molecular formula is C11H6F17NO2. The highest BCUT2D eigenvalue weighted by Crippen LogP contribution is 2.63. The Labute approximate surface area is 158 Å². The lowest BCUT2D eigenvalue weighted by Gasteiger charge is -2.42. The number of carbonyl (C=O) groups excluding carboxylic acids is 1. The first-order chi connectivity index (χ1) is 13.2. The van der Waals surface area contributed by atoms with Gasteiger partial charge in [0.25, 0.3) is 0 Å². The van der Waals surface area contributed by atoms with Gasteiger partial charge in [0.2, 0.25) is 0 Å². The number of ether oxygens (including phenoxy) is 1. The van der Waals surface area contributed by atoms with E-state index in [9.17, 15) is 79.4 Å². The third-order valence-corrected chi connectivity index (χ3v) is 3.37. The molecule has 31 heavy (non-hydrogen) atoms. The largest absolute Gasteiger partial charge is 0.460 e. The van der Waals surface area contributed by atoms with Gasteiger partial charge in [-0.25, -0.2) is 0 Å². The highest BCUT2D eigenvalue weighted by Gasteiger charge is 2.95. The number of nitrogens with two attached hydrogens (primary N) is 1. The molecule has 0 aliphatic rings. The molecule has 20 heteroatoms. The number of halogens is 17. The smallest absolute Gasteiger partial charge is 0.458 e. The monoisotopic (exact) mass is 507 g/mol. The van der Waals surface area contributed by atoms with Crippen LogP contribution in [0.15, 0.2) is 0 Å². The SMILES string of the molecule is NCC(=O)OCC(F)(F)C(F)(F)C(F)(F)C(F)(F)C(F)(F)C(F)(F)C(F)(F)C(F)(F)F. The zero-order valence-electron chi connectivity index (χ0n) is 13.7. The van der Waals surface area contributed by atoms with E-state index < -0.39 is 66.8 Å². The van der Waals surface area contributed by atoms with Gasteiger partial charge in [-0.3, -0.25) is 4.79 Å². The van der Waals surface area contributed by atoms with Crippen LogP contribution in [0, 0.1) is 0 Å². The molecule has 0 heterocycles. The van der Waals surface area contributed by atoms with Crippen LogP contribution in [0.4, 0.5) is 74.6 Å². The van der Waals surface area contributed by atoms with Gasteiger partial charge in [-0.15, -0.1) is 0 Å². The molecule has 186 valence electrons. The van der Waals surface area contributed by atoms with Gasteiger partial charge < -0.3 is 10.5 Å². The summed E-state index contributed by atoms with van der Waals surface area (Å²) < 4.78 is 222. The van der Waals surface area contributed by atoms with Crippen molar-refractivity contribution in [2.45, 2.75) is 47.6 Å². The molecular weight excluding hydrogens is 501 g/mol. The van der Waals surface area contributed by atoms with Gasteiger partial charge >= 0.3 is 53.6 Å². The summed E-state index contributed by atoms with van der Waals surface area (Å²) in [4.78, 5) is 10.5. The van der Waals surface area contributed by atoms with Gasteiger partial charge in [-0.05, 0) is 0 Å². The van der Waals surface area contributed by atoms with E-state index in [4.69, 9.17) is 0 Å². The Bertz CT molecular complexity index is 667. The fourth-order valence-corrected chi connectivity index (χ4v) is 1.52. The Morgan fingerprint density at radius 3 is 1.13 bits per heavy atom. The number of carbonyl (C=O) groups is 1. The van der Waals surface area contributed by atoms with Crippen LogP contribution < -0.4 is 5.73 Å². The van der Waals surface area contributed by atoms with Gasteiger partial charge in [-0.1, -0.05) is 0 Å². The Morgan fingerprint density at radius 1 is 0.548 bits per heavy atom. The molecule has 0 saturated carbocycles. The first-order valence-corrected chi connectivity index (χ1v) is 6.77. The summed E-state index contributed by atoms with van der Waals surface area (Å²) in [5.41, 5.74) is 4.43. The van der Waals surface area contributed by atoms with Crippen molar-refractivity contribution in [3.8, 4) is 0 Å². The van der Waals surface area contributed by atoms with Gasteiger partial charge in [0.15, 0.2) is 6.61 Å². The molecule has 0 aliphatic heterocycles. The molecule has 0 saturated heterocycles. The summed E-state index contributed by atoms with van der Waals surface area (Å²) in [5, 5.41) is 0. The molecule has 0 amide bonds. The van der Waals surface area contributed by atoms with E-state index in [1.54, 1.807) is 0 Å². The fraction of sp³-hybridized carbons (Fsp3) is 0.909. The third kappa shape index (κ3) is 4.06. The molecule has 0 aromatic carbocycles. The quantitative estimate of drug-likeness (QED) is 0.370. The molecule has 0 atom stereocenters. The van der Waals surface area contributed by atoms with E-state index in [1.807, 2.05) is 0 Å². The Kier molecular flexibility index (Phi) is 7.24. The Balaban J connectivity index is 6.53. The molecule has 0 aromatic rings. The van der Waals surface area contributed by atoms with Crippen molar-refractivity contribution < 1.29 is 84.2 Å². The van der Waals surface area contributed by atoms with Crippen LogP contribution in [-0.2, 0) is 9.53 Å². The molecule has 0 aromatic heterocycles. The van der Waals surface area contributed by atoms with Crippen LogP contribution in [0.2, 0.25) is 0 Å². The second kappa shape index (κ2) is 7.68. The van der Waals surface area contributed by atoms with Crippen molar-refractivity contribution in [2.24, 2.45) is 5.73 Å². The van der Waals surface area contributed by atoms with Crippen molar-refractivity contribution in [3.05, 3.63) is 0 Å².